The summed E-state index contributed by atoms with van der Waals surface area (Å²) in [6, 6.07) is 9.70. The number of nitrogens with two attached hydrogens (primary N) is 1. The number of fused-ring (bicyclic) bond motifs is 4. The van der Waals surface area contributed by atoms with Gasteiger partial charge in [-0.15, -0.1) is 0 Å². The number of hydrogen-bond donors (Lipinski definition) is 5. The van der Waals surface area contributed by atoms with Gasteiger partial charge in [0.25, 0.3) is 11.8 Å². The molecule has 0 radical (unpaired) electrons. The Morgan fingerprint density at radius 1 is 0.720 bits per heavy atom. The van der Waals surface area contributed by atoms with Gasteiger partial charge in [0.05, 0.1) is 62.0 Å². The van der Waals surface area contributed by atoms with E-state index in [4.69, 9.17) is 38.9 Å². The number of benzene rings is 3. The topological polar surface area (TPSA) is 288 Å². The zero-order valence-electron chi connectivity index (χ0n) is 46.2. The molecule has 3 fully saturated rings. The lowest BCUT2D eigenvalue weighted by Gasteiger charge is -2.38. The van der Waals surface area contributed by atoms with Crippen LogP contribution in [0.25, 0.3) is 0 Å². The maximum absolute atomic E-state index is 14.3. The molecular formula is C59H71N7O16. The van der Waals surface area contributed by atoms with Crippen molar-refractivity contribution in [2.45, 2.75) is 101 Å². The molecule has 1 saturated carbocycles. The van der Waals surface area contributed by atoms with Crippen LogP contribution in [0.2, 0.25) is 0 Å². The van der Waals surface area contributed by atoms with Gasteiger partial charge in [0.1, 0.15) is 31.3 Å². The zero-order valence-corrected chi connectivity index (χ0v) is 46.2. The Morgan fingerprint density at radius 3 is 1.71 bits per heavy atom. The Kier molecular flexibility index (Phi) is 19.3. The third kappa shape index (κ3) is 12.6. The minimum atomic E-state index is -1.56. The molecule has 23 heteroatoms. The van der Waals surface area contributed by atoms with Crippen LogP contribution in [0.5, 0.6) is 23.0 Å². The summed E-state index contributed by atoms with van der Waals surface area (Å²) in [6.07, 6.45) is 1.96. The summed E-state index contributed by atoms with van der Waals surface area (Å²) in [6.45, 7) is 15.7. The van der Waals surface area contributed by atoms with Gasteiger partial charge in [-0.25, -0.2) is 19.4 Å². The van der Waals surface area contributed by atoms with E-state index in [0.717, 1.165) is 15.4 Å². The summed E-state index contributed by atoms with van der Waals surface area (Å²) in [5.74, 6) is -1.81. The Balaban J connectivity index is 0.907. The molecule has 0 unspecified atom stereocenters. The number of methoxy groups -OCH3 is 2. The van der Waals surface area contributed by atoms with Crippen LogP contribution in [0.15, 0.2) is 98.1 Å². The lowest BCUT2D eigenvalue weighted by Crippen LogP contribution is -2.56. The number of nitrogens with zero attached hydrogens (tertiary/aromatic N) is 4. The van der Waals surface area contributed by atoms with E-state index in [1.807, 2.05) is 0 Å². The van der Waals surface area contributed by atoms with E-state index in [-0.39, 0.29) is 111 Å². The van der Waals surface area contributed by atoms with Gasteiger partial charge in [-0.05, 0) is 94.2 Å². The van der Waals surface area contributed by atoms with Crippen LogP contribution >= 0.6 is 0 Å². The number of rotatable bonds is 24. The van der Waals surface area contributed by atoms with E-state index in [1.54, 1.807) is 24.3 Å². The van der Waals surface area contributed by atoms with E-state index in [1.165, 1.54) is 60.4 Å². The van der Waals surface area contributed by atoms with Gasteiger partial charge >= 0.3 is 18.2 Å². The molecule has 3 aromatic carbocycles. The third-order valence-corrected chi connectivity index (χ3v) is 15.2. The third-order valence-electron chi connectivity index (χ3n) is 15.2. The lowest BCUT2D eigenvalue weighted by molar-refractivity contribution is -0.167. The largest absolute Gasteiger partial charge is 0.493 e. The second-order valence-electron chi connectivity index (χ2n) is 20.7. The highest BCUT2D eigenvalue weighted by Gasteiger charge is 2.53. The number of amides is 6. The van der Waals surface area contributed by atoms with Gasteiger partial charge in [0, 0.05) is 30.9 Å². The van der Waals surface area contributed by atoms with Crippen molar-refractivity contribution in [1.29, 1.82) is 0 Å². The maximum Gasteiger partial charge on any atom is 0.416 e. The number of hydrogen-bond acceptors (Lipinski definition) is 17. The quantitative estimate of drug-likeness (QED) is 0.0230. The Labute approximate surface area is 475 Å². The van der Waals surface area contributed by atoms with Crippen molar-refractivity contribution in [3.8, 4) is 23.0 Å². The van der Waals surface area contributed by atoms with E-state index in [0.29, 0.717) is 68.2 Å². The van der Waals surface area contributed by atoms with E-state index >= 15 is 0 Å². The van der Waals surface area contributed by atoms with Crippen LogP contribution in [0.1, 0.15) is 90.5 Å². The number of carbonyl (C=O) groups is 7. The smallest absolute Gasteiger partial charge is 0.416 e. The fraction of sp³-hybridized carbons (Fsp3) is 0.441. The van der Waals surface area contributed by atoms with Gasteiger partial charge in [-0.2, -0.15) is 0 Å². The number of anilines is 3. The molecule has 438 valence electrons. The SMILES string of the molecule is C=CCOC(=O)N1c2cc(OCCCCCOc3cc4c(cc3OC)C(=O)N3CC(=C)C[C@H]3[C@H](O)N4C(=O)OCc3ccc(NC(=O)[C@H](CCCN)NC(=O)C4(C(=O)OCC=C)CCC4)cc3)c(OC)cc2C(=O)N2CC(=C)C[C@H]2[C@@H]1O. The molecule has 4 heterocycles. The number of ether oxygens (including phenoxy) is 7. The molecule has 0 spiro atoms. The predicted octanol–water partition coefficient (Wildman–Crippen LogP) is 5.87. The molecule has 8 rings (SSSR count). The normalized spacial score (nSPS) is 19.9. The van der Waals surface area contributed by atoms with Gasteiger partial charge < -0.3 is 69.5 Å². The van der Waals surface area contributed by atoms with Crippen LogP contribution in [-0.2, 0) is 35.2 Å². The van der Waals surface area contributed by atoms with E-state index in [9.17, 15) is 43.8 Å². The minimum absolute atomic E-state index is 0.0280. The highest BCUT2D eigenvalue weighted by Crippen LogP contribution is 2.45. The molecular weight excluding hydrogens is 1060 g/mol. The van der Waals surface area contributed by atoms with Gasteiger partial charge in [-0.1, -0.05) is 68.2 Å². The number of esters is 1. The fourth-order valence-electron chi connectivity index (χ4n) is 10.7. The monoisotopic (exact) mass is 1130 g/mol. The molecule has 6 amide bonds. The second kappa shape index (κ2) is 26.5. The van der Waals surface area contributed by atoms with Crippen molar-refractivity contribution in [3.63, 3.8) is 0 Å². The molecule has 6 N–H and O–H groups in total. The van der Waals surface area contributed by atoms with Crippen molar-refractivity contribution in [3.05, 3.63) is 115 Å². The summed E-state index contributed by atoms with van der Waals surface area (Å²) in [4.78, 5) is 101. The maximum atomic E-state index is 14.3. The average Bonchev–Trinajstić information content (AvgIpc) is 4.24. The molecule has 2 saturated heterocycles. The van der Waals surface area contributed by atoms with Crippen LogP contribution in [-0.4, -0.2) is 153 Å². The summed E-state index contributed by atoms with van der Waals surface area (Å²) in [5.41, 5.74) is 6.96. The molecule has 1 aliphatic carbocycles. The lowest BCUT2D eigenvalue weighted by atomic mass is 9.68. The first-order chi connectivity index (χ1) is 39.5. The summed E-state index contributed by atoms with van der Waals surface area (Å²) >= 11 is 0. The first kappa shape index (κ1) is 59.7. The van der Waals surface area contributed by atoms with E-state index in [2.05, 4.69) is 36.9 Å². The van der Waals surface area contributed by atoms with Crippen molar-refractivity contribution in [1.82, 2.24) is 15.1 Å². The molecule has 0 aromatic heterocycles. The highest BCUT2D eigenvalue weighted by molar-refractivity contribution is 6.08. The van der Waals surface area contributed by atoms with Gasteiger partial charge in [0.15, 0.2) is 35.5 Å². The molecule has 82 heavy (non-hydrogen) atoms. The number of nitrogens with one attached hydrogen (secondary N) is 2. The molecule has 5 aliphatic rings. The van der Waals surface area contributed by atoms with Crippen LogP contribution in [0, 0.1) is 5.41 Å². The number of aliphatic hydroxyl groups is 2. The molecule has 0 bridgehead atoms. The van der Waals surface area contributed by atoms with Crippen molar-refractivity contribution >= 4 is 58.8 Å². The minimum Gasteiger partial charge on any atom is -0.493 e. The summed E-state index contributed by atoms with van der Waals surface area (Å²) in [5, 5.41) is 29.0. The first-order valence-electron chi connectivity index (χ1n) is 27.2. The predicted molar refractivity (Wildman–Crippen MR) is 299 cm³/mol. The molecule has 4 aliphatic heterocycles. The van der Waals surface area contributed by atoms with Crippen molar-refractivity contribution < 1.29 is 76.9 Å². The molecule has 3 aromatic rings. The summed E-state index contributed by atoms with van der Waals surface area (Å²) < 4.78 is 40.0. The molecule has 5 atom stereocenters. The number of aliphatic hydroxyl groups excluding tert-OH is 2. The summed E-state index contributed by atoms with van der Waals surface area (Å²) in [7, 11) is 2.84. The van der Waals surface area contributed by atoms with Crippen molar-refractivity contribution in [2.75, 3.05) is 75.4 Å². The fourth-order valence-corrected chi connectivity index (χ4v) is 10.7. The van der Waals surface area contributed by atoms with Crippen LogP contribution in [0.3, 0.4) is 0 Å². The Bertz CT molecular complexity index is 2980. The highest BCUT2D eigenvalue weighted by atomic mass is 16.6. The van der Waals surface area contributed by atoms with Gasteiger partial charge in [0.2, 0.25) is 11.8 Å². The average molecular weight is 1130 g/mol. The second-order valence-corrected chi connectivity index (χ2v) is 20.7. The van der Waals surface area contributed by atoms with Crippen LogP contribution in [0.4, 0.5) is 26.7 Å². The standard InChI is InChI=1S/C59H71N7O16/c1-7-22-80-56(73)59(19-13-20-59)55(72)62-41(14-12-21-60)50(67)61-38-17-15-37(16-18-38)34-82-58(75)66-43-31-49(47(77-6)29-40(43)52(69)64-33-36(4)27-45(64)54(66)71)79-25-11-9-10-24-78-48-30-42-39(28-46(48)76-5)51(68)63-32-35(3)26-44(63)53(70)65(42)57(74)81-23-8-2/h7-8,15-18,28-31,41,44-45,53-54,70-71H,1-4,9-14,19-27,32-34,60H2,5-6H3,(H,61,67)(H,62,72)/t41-,44-,45-,53-,54-/m0/s1. The number of unbranched alkanes of at least 4 members (excludes halogenated alkanes) is 2. The Hall–Kier alpha value is -8.41. The first-order valence-corrected chi connectivity index (χ1v) is 27.2. The van der Waals surface area contributed by atoms with Crippen LogP contribution < -0.4 is 45.1 Å². The number of carbonyl (C=O) groups excluding carboxylic acids is 7. The molecule has 23 nitrogen and oxygen atoms in total. The van der Waals surface area contributed by atoms with E-state index < -0.39 is 77.8 Å². The zero-order chi connectivity index (χ0) is 58.8. The Morgan fingerprint density at radius 2 is 1.23 bits per heavy atom. The van der Waals surface area contributed by atoms with Gasteiger partial charge in [-0.3, -0.25) is 24.0 Å². The van der Waals surface area contributed by atoms with Crippen molar-refractivity contribution in [2.24, 2.45) is 11.1 Å².